The van der Waals surface area contributed by atoms with Crippen molar-refractivity contribution in [2.75, 3.05) is 0 Å². The molecule has 3 aromatic rings. The third-order valence-electron chi connectivity index (χ3n) is 3.42. The van der Waals surface area contributed by atoms with Gasteiger partial charge in [-0.2, -0.15) is 5.26 Å². The zero-order valence-corrected chi connectivity index (χ0v) is 12.6. The topological polar surface area (TPSA) is 80.3 Å². The third kappa shape index (κ3) is 2.73. The van der Waals surface area contributed by atoms with Crippen LogP contribution in [0.2, 0.25) is 0 Å². The number of oxime groups is 1. The molecule has 0 fully saturated rings. The summed E-state index contributed by atoms with van der Waals surface area (Å²) in [5, 5.41) is 12.8. The molecule has 1 heterocycles. The van der Waals surface area contributed by atoms with Gasteiger partial charge in [0, 0.05) is 7.05 Å². The van der Waals surface area contributed by atoms with Crippen molar-refractivity contribution < 1.29 is 14.0 Å². The smallest absolute Gasteiger partial charge is 0.325 e. The molecule has 0 saturated carbocycles. The largest absolute Gasteiger partial charge is 0.368 e. The second-order valence-corrected chi connectivity index (χ2v) is 4.89. The van der Waals surface area contributed by atoms with E-state index in [0.717, 1.165) is 11.6 Å². The van der Waals surface area contributed by atoms with E-state index >= 15 is 0 Å². The number of rotatable bonds is 3. The van der Waals surface area contributed by atoms with E-state index in [1.54, 1.807) is 17.7 Å². The lowest BCUT2D eigenvalue weighted by molar-refractivity contribution is 0.0512. The number of hydrogen-bond acceptors (Lipinski definition) is 5. The second kappa shape index (κ2) is 6.30. The van der Waals surface area contributed by atoms with Crippen LogP contribution in [0, 0.1) is 17.1 Å². The van der Waals surface area contributed by atoms with E-state index in [1.165, 1.54) is 18.2 Å². The van der Waals surface area contributed by atoms with E-state index in [-0.39, 0.29) is 17.1 Å². The summed E-state index contributed by atoms with van der Waals surface area (Å²) in [4.78, 5) is 20.9. The van der Waals surface area contributed by atoms with Gasteiger partial charge in [-0.1, -0.05) is 29.4 Å². The molecule has 0 saturated heterocycles. The average Bonchev–Trinajstić information content (AvgIpc) is 2.93. The number of aromatic nitrogens is 2. The molecule has 0 unspecified atom stereocenters. The Labute approximate surface area is 136 Å². The van der Waals surface area contributed by atoms with E-state index in [0.29, 0.717) is 5.52 Å². The minimum absolute atomic E-state index is 0.182. The molecule has 0 aliphatic rings. The van der Waals surface area contributed by atoms with Crippen LogP contribution in [0.15, 0.2) is 53.7 Å². The van der Waals surface area contributed by atoms with Crippen molar-refractivity contribution in [3.63, 3.8) is 0 Å². The molecule has 0 spiro atoms. The maximum atomic E-state index is 13.5. The molecule has 6 nitrogen and oxygen atoms in total. The Hall–Kier alpha value is -3.53. The highest BCUT2D eigenvalue weighted by atomic mass is 19.1. The van der Waals surface area contributed by atoms with Crippen LogP contribution in [0.25, 0.3) is 11.0 Å². The normalized spacial score (nSPS) is 11.3. The van der Waals surface area contributed by atoms with E-state index in [2.05, 4.69) is 10.1 Å². The van der Waals surface area contributed by atoms with Gasteiger partial charge < -0.3 is 9.40 Å². The van der Waals surface area contributed by atoms with Crippen molar-refractivity contribution in [3.05, 3.63) is 65.7 Å². The Morgan fingerprint density at radius 1 is 1.25 bits per heavy atom. The van der Waals surface area contributed by atoms with Gasteiger partial charge in [-0.15, -0.1) is 0 Å². The van der Waals surface area contributed by atoms with Crippen molar-refractivity contribution in [3.8, 4) is 6.07 Å². The standard InChI is InChI=1S/C17H11FN4O2/c1-22-15-9-5-4-8-13(15)20-16(22)14(10-19)21-24-17(23)11-6-2-3-7-12(11)18/h2-9H,1H3. The van der Waals surface area contributed by atoms with Gasteiger partial charge in [0.15, 0.2) is 5.82 Å². The molecule has 0 amide bonds. The van der Waals surface area contributed by atoms with Crippen LogP contribution in [0.5, 0.6) is 0 Å². The molecule has 0 radical (unpaired) electrons. The summed E-state index contributed by atoms with van der Waals surface area (Å²) in [6, 6.07) is 14.5. The van der Waals surface area contributed by atoms with Crippen LogP contribution < -0.4 is 0 Å². The quantitative estimate of drug-likeness (QED) is 0.422. The summed E-state index contributed by atoms with van der Waals surface area (Å²) in [7, 11) is 1.72. The highest BCUT2D eigenvalue weighted by Gasteiger charge is 2.17. The first-order valence-electron chi connectivity index (χ1n) is 6.97. The summed E-state index contributed by atoms with van der Waals surface area (Å²) in [5.41, 5.74) is 1.04. The molecule has 0 bridgehead atoms. The first-order chi connectivity index (χ1) is 11.6. The minimum atomic E-state index is -0.986. The number of carbonyl (C=O) groups excluding carboxylic acids is 1. The number of aryl methyl sites for hydroxylation is 1. The van der Waals surface area contributed by atoms with Gasteiger partial charge in [-0.25, -0.2) is 14.2 Å². The van der Waals surface area contributed by atoms with Crippen molar-refractivity contribution >= 4 is 22.7 Å². The van der Waals surface area contributed by atoms with Crippen LogP contribution >= 0.6 is 0 Å². The summed E-state index contributed by atoms with van der Waals surface area (Å²) in [6.45, 7) is 0. The van der Waals surface area contributed by atoms with Gasteiger partial charge in [0.2, 0.25) is 5.71 Å². The number of benzene rings is 2. The molecule has 118 valence electrons. The number of nitriles is 1. The highest BCUT2D eigenvalue weighted by molar-refractivity contribution is 6.10. The van der Waals surface area contributed by atoms with Crippen LogP contribution in [-0.4, -0.2) is 21.2 Å². The number of halogens is 1. The first-order valence-corrected chi connectivity index (χ1v) is 6.97. The molecule has 0 aliphatic heterocycles. The summed E-state index contributed by atoms with van der Waals surface area (Å²) in [5.74, 6) is -1.46. The lowest BCUT2D eigenvalue weighted by atomic mass is 10.2. The molecule has 0 N–H and O–H groups in total. The molecule has 0 aliphatic carbocycles. The fourth-order valence-corrected chi connectivity index (χ4v) is 2.23. The maximum absolute atomic E-state index is 13.5. The minimum Gasteiger partial charge on any atom is -0.325 e. The van der Waals surface area contributed by atoms with Gasteiger partial charge in [0.1, 0.15) is 11.9 Å². The molecular formula is C17H11FN4O2. The molecule has 24 heavy (non-hydrogen) atoms. The number of para-hydroxylation sites is 2. The monoisotopic (exact) mass is 322 g/mol. The van der Waals surface area contributed by atoms with Gasteiger partial charge in [-0.3, -0.25) is 0 Å². The van der Waals surface area contributed by atoms with E-state index < -0.39 is 11.8 Å². The number of carbonyl (C=O) groups is 1. The van der Waals surface area contributed by atoms with Crippen LogP contribution in [0.3, 0.4) is 0 Å². The van der Waals surface area contributed by atoms with Gasteiger partial charge in [0.25, 0.3) is 0 Å². The second-order valence-electron chi connectivity index (χ2n) is 4.89. The Kier molecular flexibility index (Phi) is 4.03. The van der Waals surface area contributed by atoms with Crippen molar-refractivity contribution in [1.29, 1.82) is 5.26 Å². The van der Waals surface area contributed by atoms with Gasteiger partial charge in [-0.05, 0) is 24.3 Å². The fraction of sp³-hybridized carbons (Fsp3) is 0.0588. The number of fused-ring (bicyclic) bond motifs is 1. The van der Waals surface area contributed by atoms with Crippen LogP contribution in [0.4, 0.5) is 4.39 Å². The SMILES string of the molecule is Cn1c(C(C#N)=NOC(=O)c2ccccc2F)nc2ccccc21. The third-order valence-corrected chi connectivity index (χ3v) is 3.42. The molecule has 1 aromatic heterocycles. The summed E-state index contributed by atoms with van der Waals surface area (Å²) in [6.07, 6.45) is 0. The van der Waals surface area contributed by atoms with Crippen molar-refractivity contribution in [2.24, 2.45) is 12.2 Å². The van der Waals surface area contributed by atoms with Crippen LogP contribution in [0.1, 0.15) is 16.2 Å². The van der Waals surface area contributed by atoms with Crippen LogP contribution in [-0.2, 0) is 11.9 Å². The average molecular weight is 322 g/mol. The zero-order chi connectivity index (χ0) is 17.1. The fourth-order valence-electron chi connectivity index (χ4n) is 2.23. The first kappa shape index (κ1) is 15.4. The Morgan fingerprint density at radius 3 is 2.67 bits per heavy atom. The van der Waals surface area contributed by atoms with E-state index in [9.17, 15) is 14.4 Å². The predicted molar refractivity (Wildman–Crippen MR) is 84.7 cm³/mol. The number of nitrogens with zero attached hydrogens (tertiary/aromatic N) is 4. The van der Waals surface area contributed by atoms with E-state index in [4.69, 9.17) is 4.84 Å². The number of imidazole rings is 1. The summed E-state index contributed by atoms with van der Waals surface area (Å²) >= 11 is 0. The Balaban J connectivity index is 1.92. The van der Waals surface area contributed by atoms with Gasteiger partial charge in [0.05, 0.1) is 16.6 Å². The van der Waals surface area contributed by atoms with E-state index in [1.807, 2.05) is 24.3 Å². The maximum Gasteiger partial charge on any atom is 0.368 e. The molecule has 7 heteroatoms. The summed E-state index contributed by atoms with van der Waals surface area (Å²) < 4.78 is 15.2. The lowest BCUT2D eigenvalue weighted by Crippen LogP contribution is -2.10. The van der Waals surface area contributed by atoms with Crippen molar-refractivity contribution in [2.45, 2.75) is 0 Å². The zero-order valence-electron chi connectivity index (χ0n) is 12.6. The Bertz CT molecular complexity index is 1000. The van der Waals surface area contributed by atoms with Crippen molar-refractivity contribution in [1.82, 2.24) is 9.55 Å². The molecule has 3 rings (SSSR count). The Morgan fingerprint density at radius 2 is 1.96 bits per heavy atom. The molecule has 0 atom stereocenters. The highest BCUT2D eigenvalue weighted by Crippen LogP contribution is 2.15. The van der Waals surface area contributed by atoms with Gasteiger partial charge >= 0.3 is 5.97 Å². The lowest BCUT2D eigenvalue weighted by Gasteiger charge is -2.01. The predicted octanol–water partition coefficient (Wildman–Crippen LogP) is 2.80. The molecule has 2 aromatic carbocycles. The molecular weight excluding hydrogens is 311 g/mol. The number of hydrogen-bond donors (Lipinski definition) is 0.